The van der Waals surface area contributed by atoms with Crippen molar-refractivity contribution in [3.8, 4) is 0 Å². The molecule has 1 aromatic rings. The van der Waals surface area contributed by atoms with Crippen molar-refractivity contribution in [1.29, 1.82) is 0 Å². The molecule has 0 fully saturated rings. The standard InChI is InChI=1S/C14H20N2O3/c1-4-16(9-13(17)19-3)14(18)10(2)11-6-5-7-12(15)8-11/h5-8,10H,4,9,15H2,1-3H3. The molecule has 0 radical (unpaired) electrons. The summed E-state index contributed by atoms with van der Waals surface area (Å²) in [6.07, 6.45) is 0. The first-order chi connectivity index (χ1) is 8.99. The van der Waals surface area contributed by atoms with Crippen molar-refractivity contribution in [3.63, 3.8) is 0 Å². The second-order valence-corrected chi connectivity index (χ2v) is 4.32. The second kappa shape index (κ2) is 6.78. The zero-order chi connectivity index (χ0) is 14.4. The van der Waals surface area contributed by atoms with E-state index in [1.54, 1.807) is 19.1 Å². The molecule has 0 saturated carbocycles. The second-order valence-electron chi connectivity index (χ2n) is 4.32. The van der Waals surface area contributed by atoms with Gasteiger partial charge in [0.05, 0.1) is 13.0 Å². The van der Waals surface area contributed by atoms with E-state index in [1.165, 1.54) is 12.0 Å². The van der Waals surface area contributed by atoms with E-state index in [-0.39, 0.29) is 18.4 Å². The van der Waals surface area contributed by atoms with E-state index in [0.717, 1.165) is 5.56 Å². The van der Waals surface area contributed by atoms with Crippen LogP contribution in [0.3, 0.4) is 0 Å². The monoisotopic (exact) mass is 264 g/mol. The summed E-state index contributed by atoms with van der Waals surface area (Å²) in [6.45, 7) is 4.06. The van der Waals surface area contributed by atoms with E-state index in [1.807, 2.05) is 19.1 Å². The van der Waals surface area contributed by atoms with Crippen LogP contribution in [0.1, 0.15) is 25.3 Å². The van der Waals surface area contributed by atoms with Gasteiger partial charge in [0.2, 0.25) is 5.91 Å². The first kappa shape index (κ1) is 15.0. The van der Waals surface area contributed by atoms with Crippen molar-refractivity contribution >= 4 is 17.6 Å². The van der Waals surface area contributed by atoms with Gasteiger partial charge in [0.25, 0.3) is 0 Å². The van der Waals surface area contributed by atoms with Crippen LogP contribution in [0.15, 0.2) is 24.3 Å². The molecule has 0 aliphatic carbocycles. The lowest BCUT2D eigenvalue weighted by atomic mass is 9.99. The Balaban J connectivity index is 2.82. The third kappa shape index (κ3) is 3.98. The summed E-state index contributed by atoms with van der Waals surface area (Å²) < 4.78 is 4.58. The molecule has 104 valence electrons. The minimum atomic E-state index is -0.421. The molecule has 19 heavy (non-hydrogen) atoms. The third-order valence-electron chi connectivity index (χ3n) is 3.02. The lowest BCUT2D eigenvalue weighted by Crippen LogP contribution is -2.38. The molecule has 1 rings (SSSR count). The average molecular weight is 264 g/mol. The van der Waals surface area contributed by atoms with Crippen LogP contribution in [0.5, 0.6) is 0 Å². The molecule has 2 N–H and O–H groups in total. The Hall–Kier alpha value is -2.04. The van der Waals surface area contributed by atoms with Crippen LogP contribution in [0.25, 0.3) is 0 Å². The molecule has 1 unspecified atom stereocenters. The fraction of sp³-hybridized carbons (Fsp3) is 0.429. The predicted molar refractivity (Wildman–Crippen MR) is 73.5 cm³/mol. The van der Waals surface area contributed by atoms with Crippen molar-refractivity contribution < 1.29 is 14.3 Å². The molecule has 0 bridgehead atoms. The molecule has 1 amide bonds. The van der Waals surface area contributed by atoms with Crippen LogP contribution in [0.2, 0.25) is 0 Å². The smallest absolute Gasteiger partial charge is 0.325 e. The van der Waals surface area contributed by atoms with Gasteiger partial charge in [-0.05, 0) is 31.5 Å². The van der Waals surface area contributed by atoms with Crippen molar-refractivity contribution in [2.24, 2.45) is 0 Å². The first-order valence-electron chi connectivity index (χ1n) is 6.20. The van der Waals surface area contributed by atoms with E-state index < -0.39 is 5.97 Å². The van der Waals surface area contributed by atoms with Gasteiger partial charge in [0.1, 0.15) is 6.54 Å². The number of anilines is 1. The fourth-order valence-corrected chi connectivity index (χ4v) is 1.81. The Bertz CT molecular complexity index is 460. The van der Waals surface area contributed by atoms with Gasteiger partial charge in [-0.3, -0.25) is 9.59 Å². The average Bonchev–Trinajstić information content (AvgIpc) is 2.42. The number of carbonyl (C=O) groups is 2. The Morgan fingerprint density at radius 3 is 2.63 bits per heavy atom. The minimum Gasteiger partial charge on any atom is -0.468 e. The van der Waals surface area contributed by atoms with E-state index in [0.29, 0.717) is 12.2 Å². The Kier molecular flexibility index (Phi) is 5.36. The number of nitrogens with two attached hydrogens (primary N) is 1. The molecule has 0 heterocycles. The van der Waals surface area contributed by atoms with Gasteiger partial charge in [0, 0.05) is 12.2 Å². The Labute approximate surface area is 113 Å². The quantitative estimate of drug-likeness (QED) is 0.644. The highest BCUT2D eigenvalue weighted by atomic mass is 16.5. The molecular formula is C14H20N2O3. The summed E-state index contributed by atoms with van der Waals surface area (Å²) in [5.41, 5.74) is 7.17. The predicted octanol–water partition coefficient (Wildman–Crippen LogP) is 1.39. The fourth-order valence-electron chi connectivity index (χ4n) is 1.81. The minimum absolute atomic E-state index is 0.0293. The summed E-state index contributed by atoms with van der Waals surface area (Å²) >= 11 is 0. The summed E-state index contributed by atoms with van der Waals surface area (Å²) in [5.74, 6) is -0.874. The molecule has 0 aromatic heterocycles. The van der Waals surface area contributed by atoms with Gasteiger partial charge in [0.15, 0.2) is 0 Å². The van der Waals surface area contributed by atoms with E-state index in [4.69, 9.17) is 5.73 Å². The van der Waals surface area contributed by atoms with Crippen molar-refractivity contribution in [2.75, 3.05) is 25.9 Å². The maximum Gasteiger partial charge on any atom is 0.325 e. The van der Waals surface area contributed by atoms with Gasteiger partial charge >= 0.3 is 5.97 Å². The molecule has 0 saturated heterocycles. The lowest BCUT2D eigenvalue weighted by molar-refractivity contribution is -0.147. The summed E-state index contributed by atoms with van der Waals surface area (Å²) in [4.78, 5) is 25.0. The number of rotatable bonds is 5. The largest absolute Gasteiger partial charge is 0.468 e. The molecule has 5 nitrogen and oxygen atoms in total. The topological polar surface area (TPSA) is 72.6 Å². The maximum atomic E-state index is 12.3. The van der Waals surface area contributed by atoms with E-state index in [9.17, 15) is 9.59 Å². The summed E-state index contributed by atoms with van der Waals surface area (Å²) in [5, 5.41) is 0. The number of methoxy groups -OCH3 is 1. The van der Waals surface area contributed by atoms with E-state index in [2.05, 4.69) is 4.74 Å². The van der Waals surface area contributed by atoms with Gasteiger partial charge in [-0.1, -0.05) is 12.1 Å². The molecule has 0 aliphatic rings. The normalized spacial score (nSPS) is 11.7. The third-order valence-corrected chi connectivity index (χ3v) is 3.02. The lowest BCUT2D eigenvalue weighted by Gasteiger charge is -2.23. The van der Waals surface area contributed by atoms with Gasteiger partial charge in [-0.25, -0.2) is 0 Å². The van der Waals surface area contributed by atoms with Gasteiger partial charge in [-0.15, -0.1) is 0 Å². The number of hydrogen-bond donors (Lipinski definition) is 1. The highest BCUT2D eigenvalue weighted by Gasteiger charge is 2.23. The highest BCUT2D eigenvalue weighted by Crippen LogP contribution is 2.20. The summed E-state index contributed by atoms with van der Waals surface area (Å²) in [7, 11) is 1.31. The van der Waals surface area contributed by atoms with Crippen molar-refractivity contribution in [1.82, 2.24) is 4.90 Å². The number of ether oxygens (including phenoxy) is 1. The molecular weight excluding hydrogens is 244 g/mol. The molecule has 0 spiro atoms. The first-order valence-corrected chi connectivity index (χ1v) is 6.20. The number of esters is 1. The number of amides is 1. The van der Waals surface area contributed by atoms with E-state index >= 15 is 0 Å². The SMILES string of the molecule is CCN(CC(=O)OC)C(=O)C(C)c1cccc(N)c1. The molecule has 5 heteroatoms. The number of nitrogen functional groups attached to an aromatic ring is 1. The van der Waals surface area contributed by atoms with Crippen LogP contribution >= 0.6 is 0 Å². The Morgan fingerprint density at radius 1 is 1.42 bits per heavy atom. The van der Waals surface area contributed by atoms with Crippen LogP contribution < -0.4 is 5.73 Å². The zero-order valence-corrected chi connectivity index (χ0v) is 11.6. The van der Waals surface area contributed by atoms with Gasteiger partial charge < -0.3 is 15.4 Å². The van der Waals surface area contributed by atoms with Gasteiger partial charge in [-0.2, -0.15) is 0 Å². The van der Waals surface area contributed by atoms with Crippen LogP contribution in [0.4, 0.5) is 5.69 Å². The van der Waals surface area contributed by atoms with Crippen molar-refractivity contribution in [2.45, 2.75) is 19.8 Å². The number of benzene rings is 1. The molecule has 1 aromatic carbocycles. The van der Waals surface area contributed by atoms with Crippen LogP contribution in [-0.2, 0) is 14.3 Å². The Morgan fingerprint density at radius 2 is 2.11 bits per heavy atom. The van der Waals surface area contributed by atoms with Crippen LogP contribution in [-0.4, -0.2) is 37.0 Å². The number of likely N-dealkylation sites (N-methyl/N-ethyl adjacent to an activating group) is 1. The summed E-state index contributed by atoms with van der Waals surface area (Å²) in [6, 6.07) is 7.21. The number of nitrogens with zero attached hydrogens (tertiary/aromatic N) is 1. The molecule has 0 aliphatic heterocycles. The van der Waals surface area contributed by atoms with Crippen LogP contribution in [0, 0.1) is 0 Å². The molecule has 1 atom stereocenters. The zero-order valence-electron chi connectivity index (χ0n) is 11.6. The maximum absolute atomic E-state index is 12.3. The van der Waals surface area contributed by atoms with Crippen molar-refractivity contribution in [3.05, 3.63) is 29.8 Å². The number of hydrogen-bond acceptors (Lipinski definition) is 4. The number of carbonyl (C=O) groups excluding carboxylic acids is 2. The highest BCUT2D eigenvalue weighted by molar-refractivity contribution is 5.87.